The summed E-state index contributed by atoms with van der Waals surface area (Å²) in [4.78, 5) is 22.0. The Kier molecular flexibility index (Phi) is 11.4. The molecule has 11 nitrogen and oxygen atoms in total. The lowest BCUT2D eigenvalue weighted by Gasteiger charge is -2.26. The maximum absolute atomic E-state index is 14.2. The predicted molar refractivity (Wildman–Crippen MR) is 168 cm³/mol. The SMILES string of the molecule is CCCCOC(=O)[C@H](C)N[P@](=O)(OC[C@H](CC)n1c(COCC)nc2c(N)nc3ccccc3c21)Oc1ccc(Cl)cc1. The first kappa shape index (κ1) is 32.7. The minimum atomic E-state index is -4.12. The Labute approximate surface area is 256 Å². The largest absolute Gasteiger partial charge is 0.465 e. The molecule has 2 heterocycles. The standard InChI is InChI=1S/C30H39ClN5O6P/c1-5-8-17-40-30(37)20(4)35-43(38,42-23-15-13-21(31)14-16-23)41-18-22(6-2)36-26(19-39-7-3)34-27-28(36)24-11-9-10-12-25(24)33-29(27)32/h9-16,20,22H,5-8,17-19H2,1-4H3,(H2,32,33)(H,35,38)/t20-,22-,43-/m0/s1. The Balaban J connectivity index is 1.69. The molecular formula is C30H39ClN5O6P. The van der Waals surface area contributed by atoms with Crippen LogP contribution in [0.4, 0.5) is 5.82 Å². The molecular weight excluding hydrogens is 593 g/mol. The molecule has 0 fully saturated rings. The van der Waals surface area contributed by atoms with Crippen molar-refractivity contribution in [3.05, 3.63) is 59.4 Å². The van der Waals surface area contributed by atoms with Gasteiger partial charge in [-0.2, -0.15) is 5.09 Å². The summed E-state index contributed by atoms with van der Waals surface area (Å²) in [6.45, 7) is 8.39. The van der Waals surface area contributed by atoms with Gasteiger partial charge >= 0.3 is 13.7 Å². The Morgan fingerprint density at radius 1 is 1.12 bits per heavy atom. The Morgan fingerprint density at radius 3 is 2.56 bits per heavy atom. The van der Waals surface area contributed by atoms with Crippen molar-refractivity contribution >= 4 is 53.1 Å². The lowest BCUT2D eigenvalue weighted by Crippen LogP contribution is -2.35. The number of carbonyl (C=O) groups is 1. The van der Waals surface area contributed by atoms with Gasteiger partial charge in [0.15, 0.2) is 5.82 Å². The monoisotopic (exact) mass is 631 g/mol. The Morgan fingerprint density at radius 2 is 1.86 bits per heavy atom. The van der Waals surface area contributed by atoms with Gasteiger partial charge < -0.3 is 24.3 Å². The van der Waals surface area contributed by atoms with Crippen LogP contribution in [-0.4, -0.2) is 46.4 Å². The molecule has 0 saturated carbocycles. The van der Waals surface area contributed by atoms with E-state index in [1.165, 1.54) is 0 Å². The van der Waals surface area contributed by atoms with Gasteiger partial charge in [0.2, 0.25) is 0 Å². The summed E-state index contributed by atoms with van der Waals surface area (Å²) in [5.41, 5.74) is 8.41. The van der Waals surface area contributed by atoms with Gasteiger partial charge in [-0.25, -0.2) is 14.5 Å². The van der Waals surface area contributed by atoms with Crippen LogP contribution in [0, 0.1) is 0 Å². The molecule has 0 spiro atoms. The number of pyridine rings is 1. The number of esters is 1. The van der Waals surface area contributed by atoms with Gasteiger partial charge in [0.25, 0.3) is 0 Å². The molecule has 13 heteroatoms. The second kappa shape index (κ2) is 15.0. The van der Waals surface area contributed by atoms with Gasteiger partial charge in [-0.15, -0.1) is 0 Å². The molecule has 0 aliphatic carbocycles. The van der Waals surface area contributed by atoms with E-state index in [2.05, 4.69) is 10.1 Å². The molecule has 3 N–H and O–H groups in total. The maximum Gasteiger partial charge on any atom is 0.459 e. The van der Waals surface area contributed by atoms with Crippen molar-refractivity contribution in [3.8, 4) is 5.75 Å². The minimum Gasteiger partial charge on any atom is -0.465 e. The van der Waals surface area contributed by atoms with E-state index in [9.17, 15) is 9.36 Å². The minimum absolute atomic E-state index is 0.0485. The topological polar surface area (TPSA) is 140 Å². The number of rotatable bonds is 16. The fraction of sp³-hybridized carbons (Fsp3) is 0.433. The van der Waals surface area contributed by atoms with Gasteiger partial charge in [-0.3, -0.25) is 9.32 Å². The molecule has 3 atom stereocenters. The molecule has 2 aromatic carbocycles. The molecule has 2 aromatic heterocycles. The summed E-state index contributed by atoms with van der Waals surface area (Å²) >= 11 is 6.03. The van der Waals surface area contributed by atoms with Crippen LogP contribution in [0.1, 0.15) is 58.8 Å². The number of nitrogen functional groups attached to an aromatic ring is 1. The summed E-state index contributed by atoms with van der Waals surface area (Å²) in [6.07, 6.45) is 2.18. The van der Waals surface area contributed by atoms with E-state index < -0.39 is 19.8 Å². The molecule has 232 valence electrons. The lowest BCUT2D eigenvalue weighted by atomic mass is 10.1. The fourth-order valence-electron chi connectivity index (χ4n) is 4.57. The molecule has 4 rings (SSSR count). The third-order valence-electron chi connectivity index (χ3n) is 6.82. The molecule has 0 radical (unpaired) electrons. The number of hydrogen-bond donors (Lipinski definition) is 2. The second-order valence-corrected chi connectivity index (χ2v) is 12.1. The van der Waals surface area contributed by atoms with E-state index in [0.29, 0.717) is 35.2 Å². The van der Waals surface area contributed by atoms with E-state index in [4.69, 9.17) is 40.8 Å². The van der Waals surface area contributed by atoms with Crippen molar-refractivity contribution in [2.24, 2.45) is 0 Å². The van der Waals surface area contributed by atoms with Crippen molar-refractivity contribution < 1.29 is 27.9 Å². The van der Waals surface area contributed by atoms with Crippen molar-refractivity contribution in [3.63, 3.8) is 0 Å². The van der Waals surface area contributed by atoms with Crippen molar-refractivity contribution in [2.75, 3.05) is 25.6 Å². The van der Waals surface area contributed by atoms with E-state index in [1.807, 2.05) is 49.6 Å². The van der Waals surface area contributed by atoms with Crippen molar-refractivity contribution in [1.29, 1.82) is 0 Å². The molecule has 0 unspecified atom stereocenters. The molecule has 0 saturated heterocycles. The van der Waals surface area contributed by atoms with Crippen LogP contribution in [0.15, 0.2) is 48.5 Å². The third kappa shape index (κ3) is 8.04. The molecule has 0 amide bonds. The van der Waals surface area contributed by atoms with Gasteiger partial charge in [0, 0.05) is 17.0 Å². The summed E-state index contributed by atoms with van der Waals surface area (Å²) < 4.78 is 39.2. The quantitative estimate of drug-likeness (QED) is 0.0768. The molecule has 43 heavy (non-hydrogen) atoms. The Hall–Kier alpha value is -3.21. The van der Waals surface area contributed by atoms with Crippen LogP contribution in [0.3, 0.4) is 0 Å². The zero-order valence-corrected chi connectivity index (χ0v) is 26.6. The number of benzene rings is 2. The average Bonchev–Trinajstić information content (AvgIpc) is 3.38. The third-order valence-corrected chi connectivity index (χ3v) is 8.72. The average molecular weight is 632 g/mol. The molecule has 0 aliphatic heterocycles. The number of nitrogens with two attached hydrogens (primary N) is 1. The Bertz CT molecular complexity index is 1580. The van der Waals surface area contributed by atoms with Gasteiger partial charge in [0.1, 0.15) is 29.7 Å². The van der Waals surface area contributed by atoms with Crippen LogP contribution in [0.2, 0.25) is 5.02 Å². The highest BCUT2D eigenvalue weighted by molar-refractivity contribution is 7.52. The summed E-state index contributed by atoms with van der Waals surface area (Å²) in [6, 6.07) is 12.7. The predicted octanol–water partition coefficient (Wildman–Crippen LogP) is 6.83. The highest BCUT2D eigenvalue weighted by Gasteiger charge is 2.34. The number of para-hydroxylation sites is 1. The summed E-state index contributed by atoms with van der Waals surface area (Å²) in [5, 5.41) is 4.11. The van der Waals surface area contributed by atoms with Crippen LogP contribution < -0.4 is 15.3 Å². The van der Waals surface area contributed by atoms with Crippen LogP contribution in [0.25, 0.3) is 21.9 Å². The zero-order valence-electron chi connectivity index (χ0n) is 24.9. The first-order chi connectivity index (χ1) is 20.7. The number of anilines is 1. The zero-order chi connectivity index (χ0) is 31.0. The number of ether oxygens (including phenoxy) is 2. The normalized spacial score (nSPS) is 14.4. The van der Waals surface area contributed by atoms with E-state index in [0.717, 1.165) is 29.3 Å². The fourth-order valence-corrected chi connectivity index (χ4v) is 6.23. The number of aromatic nitrogens is 3. The number of imidazole rings is 1. The summed E-state index contributed by atoms with van der Waals surface area (Å²) in [7, 11) is -4.12. The van der Waals surface area contributed by atoms with E-state index >= 15 is 0 Å². The number of carbonyl (C=O) groups excluding carboxylic acids is 1. The second-order valence-electron chi connectivity index (χ2n) is 10.0. The van der Waals surface area contributed by atoms with Crippen molar-refractivity contribution in [1.82, 2.24) is 19.6 Å². The number of fused-ring (bicyclic) bond motifs is 3. The van der Waals surface area contributed by atoms with Crippen LogP contribution in [0.5, 0.6) is 5.75 Å². The number of unbranched alkanes of at least 4 members (excludes halogenated alkanes) is 1. The highest BCUT2D eigenvalue weighted by Crippen LogP contribution is 2.46. The van der Waals surface area contributed by atoms with Crippen LogP contribution >= 0.6 is 19.3 Å². The van der Waals surface area contributed by atoms with Gasteiger partial charge in [0.05, 0.1) is 30.3 Å². The van der Waals surface area contributed by atoms with Gasteiger partial charge in [-0.05, 0) is 57.0 Å². The van der Waals surface area contributed by atoms with Crippen LogP contribution in [-0.2, 0) is 30.0 Å². The van der Waals surface area contributed by atoms with Gasteiger partial charge in [-0.1, -0.05) is 50.1 Å². The number of hydrogen-bond acceptors (Lipinski definition) is 9. The molecule has 4 aromatic rings. The highest BCUT2D eigenvalue weighted by atomic mass is 35.5. The molecule has 0 bridgehead atoms. The van der Waals surface area contributed by atoms with Crippen molar-refractivity contribution in [2.45, 2.75) is 65.6 Å². The van der Waals surface area contributed by atoms with E-state index in [-0.39, 0.29) is 31.6 Å². The van der Waals surface area contributed by atoms with E-state index in [1.54, 1.807) is 31.2 Å². The molecule has 0 aliphatic rings. The first-order valence-corrected chi connectivity index (χ1v) is 16.4. The number of nitrogens with one attached hydrogen (secondary N) is 1. The number of nitrogens with zero attached hydrogens (tertiary/aromatic N) is 3. The lowest BCUT2D eigenvalue weighted by molar-refractivity contribution is -0.145. The first-order valence-electron chi connectivity index (χ1n) is 14.5. The summed E-state index contributed by atoms with van der Waals surface area (Å²) in [5.74, 6) is 0.633. The number of halogens is 1. The maximum atomic E-state index is 14.2. The smallest absolute Gasteiger partial charge is 0.459 e.